The van der Waals surface area contributed by atoms with Gasteiger partial charge < -0.3 is 9.84 Å². The summed E-state index contributed by atoms with van der Waals surface area (Å²) in [5.41, 5.74) is 1.63. The third-order valence-corrected chi connectivity index (χ3v) is 2.64. The highest BCUT2D eigenvalue weighted by atomic mass is 35.5. The van der Waals surface area contributed by atoms with E-state index in [1.165, 1.54) is 0 Å². The smallest absolute Gasteiger partial charge is 0.105 e. The molecule has 0 spiro atoms. The summed E-state index contributed by atoms with van der Waals surface area (Å²) in [5.74, 6) is 0. The molecule has 74 valence electrons. The van der Waals surface area contributed by atoms with E-state index in [4.69, 9.17) is 16.3 Å². The molecule has 1 aliphatic heterocycles. The molecule has 1 atom stereocenters. The van der Waals surface area contributed by atoms with Gasteiger partial charge in [0.05, 0.1) is 12.9 Å². The topological polar surface area (TPSA) is 29.5 Å². The van der Waals surface area contributed by atoms with Gasteiger partial charge in [-0.3, -0.25) is 0 Å². The molecule has 1 aromatic carbocycles. The van der Waals surface area contributed by atoms with Gasteiger partial charge in [0.1, 0.15) is 6.10 Å². The fourth-order valence-corrected chi connectivity index (χ4v) is 1.74. The molecule has 0 saturated carbocycles. The number of hydrogen-bond acceptors (Lipinski definition) is 2. The highest BCUT2D eigenvalue weighted by molar-refractivity contribution is 6.31. The monoisotopic (exact) mass is 210 g/mol. The van der Waals surface area contributed by atoms with E-state index in [2.05, 4.69) is 0 Å². The second kappa shape index (κ2) is 4.03. The second-order valence-electron chi connectivity index (χ2n) is 3.24. The molecule has 2 nitrogen and oxygen atoms in total. The van der Waals surface area contributed by atoms with Gasteiger partial charge in [0, 0.05) is 22.6 Å². The minimum Gasteiger partial charge on any atom is -0.501 e. The van der Waals surface area contributed by atoms with E-state index in [-0.39, 0.29) is 0 Å². The lowest BCUT2D eigenvalue weighted by Crippen LogP contribution is -2.00. The Labute approximate surface area is 87.8 Å². The standard InChI is InChI=1S/C11H11ClO2/c12-10-4-2-1-3-9(10)11(13)8-5-6-14-7-8/h1-4,7,11,13H,5-6H2. The van der Waals surface area contributed by atoms with Crippen molar-refractivity contribution in [3.63, 3.8) is 0 Å². The van der Waals surface area contributed by atoms with Crippen molar-refractivity contribution in [2.75, 3.05) is 6.61 Å². The third kappa shape index (κ3) is 1.76. The van der Waals surface area contributed by atoms with Gasteiger partial charge in [-0.2, -0.15) is 0 Å². The van der Waals surface area contributed by atoms with E-state index >= 15 is 0 Å². The van der Waals surface area contributed by atoms with Crippen LogP contribution in [0.5, 0.6) is 0 Å². The van der Waals surface area contributed by atoms with Crippen molar-refractivity contribution >= 4 is 11.6 Å². The van der Waals surface area contributed by atoms with E-state index in [0.717, 1.165) is 17.6 Å². The van der Waals surface area contributed by atoms with Gasteiger partial charge in [0.25, 0.3) is 0 Å². The lowest BCUT2D eigenvalue weighted by atomic mass is 10.0. The SMILES string of the molecule is OC(C1=COCC1)c1ccccc1Cl. The molecule has 1 aliphatic rings. The molecule has 14 heavy (non-hydrogen) atoms. The van der Waals surface area contributed by atoms with Crippen molar-refractivity contribution in [1.82, 2.24) is 0 Å². The van der Waals surface area contributed by atoms with Crippen molar-refractivity contribution in [3.05, 3.63) is 46.7 Å². The van der Waals surface area contributed by atoms with E-state index < -0.39 is 6.10 Å². The van der Waals surface area contributed by atoms with E-state index in [1.807, 2.05) is 18.2 Å². The fraction of sp³-hybridized carbons (Fsp3) is 0.273. The molecule has 0 amide bonds. The Bertz CT molecular complexity index is 360. The summed E-state index contributed by atoms with van der Waals surface area (Å²) in [6, 6.07) is 7.31. The van der Waals surface area contributed by atoms with Crippen LogP contribution in [0.1, 0.15) is 18.1 Å². The van der Waals surface area contributed by atoms with Crippen molar-refractivity contribution in [2.45, 2.75) is 12.5 Å². The average Bonchev–Trinajstić information content (AvgIpc) is 2.70. The van der Waals surface area contributed by atoms with E-state index in [0.29, 0.717) is 11.6 Å². The van der Waals surface area contributed by atoms with Gasteiger partial charge in [-0.15, -0.1) is 0 Å². The van der Waals surface area contributed by atoms with Crippen LogP contribution in [0.25, 0.3) is 0 Å². The first kappa shape index (κ1) is 9.56. The van der Waals surface area contributed by atoms with Crippen molar-refractivity contribution in [1.29, 1.82) is 0 Å². The van der Waals surface area contributed by atoms with Gasteiger partial charge in [-0.25, -0.2) is 0 Å². The quantitative estimate of drug-likeness (QED) is 0.813. The zero-order chi connectivity index (χ0) is 9.97. The van der Waals surface area contributed by atoms with Gasteiger partial charge >= 0.3 is 0 Å². The van der Waals surface area contributed by atoms with Crippen LogP contribution in [0.15, 0.2) is 36.1 Å². The summed E-state index contributed by atoms with van der Waals surface area (Å²) < 4.78 is 5.07. The van der Waals surface area contributed by atoms with Crippen LogP contribution in [-0.2, 0) is 4.74 Å². The first-order valence-electron chi connectivity index (χ1n) is 4.52. The molecule has 0 radical (unpaired) electrons. The number of ether oxygens (including phenoxy) is 1. The number of rotatable bonds is 2. The molecule has 0 aliphatic carbocycles. The summed E-state index contributed by atoms with van der Waals surface area (Å²) in [7, 11) is 0. The average molecular weight is 211 g/mol. The number of halogens is 1. The number of benzene rings is 1. The minimum atomic E-state index is -0.633. The molecule has 1 N–H and O–H groups in total. The molecule has 0 saturated heterocycles. The fourth-order valence-electron chi connectivity index (χ4n) is 1.50. The Balaban J connectivity index is 2.26. The number of aliphatic hydroxyl groups is 1. The zero-order valence-electron chi connectivity index (χ0n) is 7.61. The van der Waals surface area contributed by atoms with Gasteiger partial charge in [-0.1, -0.05) is 29.8 Å². The molecular formula is C11H11ClO2. The predicted octanol–water partition coefficient (Wildman–Crippen LogP) is 2.68. The predicted molar refractivity (Wildman–Crippen MR) is 55.1 cm³/mol. The van der Waals surface area contributed by atoms with E-state index in [1.54, 1.807) is 12.3 Å². The molecule has 0 bridgehead atoms. The molecular weight excluding hydrogens is 200 g/mol. The maximum Gasteiger partial charge on any atom is 0.105 e. The molecule has 3 heteroatoms. The molecule has 1 aromatic rings. The summed E-state index contributed by atoms with van der Waals surface area (Å²) in [5, 5.41) is 10.6. The lowest BCUT2D eigenvalue weighted by molar-refractivity contribution is 0.213. The molecule has 1 unspecified atom stereocenters. The Morgan fingerprint density at radius 1 is 1.36 bits per heavy atom. The highest BCUT2D eigenvalue weighted by Crippen LogP contribution is 2.31. The van der Waals surface area contributed by atoms with Crippen LogP contribution in [0.2, 0.25) is 5.02 Å². The highest BCUT2D eigenvalue weighted by Gasteiger charge is 2.19. The first-order valence-corrected chi connectivity index (χ1v) is 4.90. The van der Waals surface area contributed by atoms with E-state index in [9.17, 15) is 5.11 Å². The van der Waals surface area contributed by atoms with Gasteiger partial charge in [-0.05, 0) is 6.07 Å². The molecule has 2 rings (SSSR count). The molecule has 0 fully saturated rings. The Kier molecular flexibility index (Phi) is 2.75. The van der Waals surface area contributed by atoms with Crippen LogP contribution in [0.3, 0.4) is 0 Å². The van der Waals surface area contributed by atoms with Crippen LogP contribution in [0, 0.1) is 0 Å². The summed E-state index contributed by atoms with van der Waals surface area (Å²) in [4.78, 5) is 0. The number of hydrogen-bond donors (Lipinski definition) is 1. The third-order valence-electron chi connectivity index (χ3n) is 2.29. The molecule has 0 aromatic heterocycles. The maximum atomic E-state index is 9.97. The van der Waals surface area contributed by atoms with Gasteiger partial charge in [0.2, 0.25) is 0 Å². The van der Waals surface area contributed by atoms with Crippen molar-refractivity contribution < 1.29 is 9.84 Å². The maximum absolute atomic E-state index is 9.97. The van der Waals surface area contributed by atoms with Gasteiger partial charge in [0.15, 0.2) is 0 Å². The summed E-state index contributed by atoms with van der Waals surface area (Å²) >= 11 is 5.97. The van der Waals surface area contributed by atoms with Crippen LogP contribution < -0.4 is 0 Å². The normalized spacial score (nSPS) is 17.4. The zero-order valence-corrected chi connectivity index (χ0v) is 8.37. The Morgan fingerprint density at radius 2 is 2.14 bits per heavy atom. The van der Waals surface area contributed by atoms with Crippen molar-refractivity contribution in [2.24, 2.45) is 0 Å². The summed E-state index contributed by atoms with van der Waals surface area (Å²) in [6.45, 7) is 0.650. The number of aliphatic hydroxyl groups excluding tert-OH is 1. The summed E-state index contributed by atoms with van der Waals surface area (Å²) in [6.07, 6.45) is 1.76. The Morgan fingerprint density at radius 3 is 2.79 bits per heavy atom. The van der Waals surface area contributed by atoms with Crippen molar-refractivity contribution in [3.8, 4) is 0 Å². The largest absolute Gasteiger partial charge is 0.501 e. The van der Waals surface area contributed by atoms with Crippen LogP contribution in [-0.4, -0.2) is 11.7 Å². The van der Waals surface area contributed by atoms with Crippen LogP contribution in [0.4, 0.5) is 0 Å². The molecule has 1 heterocycles. The Hall–Kier alpha value is -0.990. The second-order valence-corrected chi connectivity index (χ2v) is 3.64. The van der Waals surface area contributed by atoms with Crippen LogP contribution >= 0.6 is 11.6 Å². The minimum absolute atomic E-state index is 0.591. The first-order chi connectivity index (χ1) is 6.79. The lowest BCUT2D eigenvalue weighted by Gasteiger charge is -2.12.